The van der Waals surface area contributed by atoms with Crippen molar-refractivity contribution in [3.8, 4) is 0 Å². The number of hydrogen-bond donors (Lipinski definition) is 2. The van der Waals surface area contributed by atoms with Gasteiger partial charge < -0.3 is 11.1 Å². The van der Waals surface area contributed by atoms with Gasteiger partial charge in [-0.1, -0.05) is 0 Å². The highest BCUT2D eigenvalue weighted by Crippen LogP contribution is 2.35. The second-order valence-corrected chi connectivity index (χ2v) is 5.05. The van der Waals surface area contributed by atoms with Crippen LogP contribution in [0.15, 0.2) is 16.7 Å². The van der Waals surface area contributed by atoms with Gasteiger partial charge in [-0.05, 0) is 48.2 Å². The Kier molecular flexibility index (Phi) is 2.39. The predicted molar refractivity (Wildman–Crippen MR) is 62.2 cm³/mol. The van der Waals surface area contributed by atoms with Crippen LogP contribution in [0.4, 0.5) is 11.5 Å². The normalized spacial score (nSPS) is 18.7. The fourth-order valence-corrected chi connectivity index (χ4v) is 2.03. The van der Waals surface area contributed by atoms with Crippen molar-refractivity contribution < 1.29 is 0 Å². The number of pyridine rings is 1. The summed E-state index contributed by atoms with van der Waals surface area (Å²) >= 11 is 3.34. The van der Waals surface area contributed by atoms with E-state index < -0.39 is 0 Å². The number of nitrogens with two attached hydrogens (primary N) is 1. The molecule has 1 aliphatic carbocycles. The van der Waals surface area contributed by atoms with Gasteiger partial charge in [0.1, 0.15) is 5.82 Å². The van der Waals surface area contributed by atoms with Gasteiger partial charge in [-0.15, -0.1) is 0 Å². The molecular weight excluding hydrogens is 242 g/mol. The first-order chi connectivity index (χ1) is 6.59. The number of halogens is 1. The van der Waals surface area contributed by atoms with Crippen LogP contribution in [0.1, 0.15) is 26.2 Å². The molecule has 76 valence electrons. The molecule has 1 aliphatic rings. The summed E-state index contributed by atoms with van der Waals surface area (Å²) in [5.74, 6) is 0.801. The summed E-state index contributed by atoms with van der Waals surface area (Å²) in [6, 6.07) is 1.87. The van der Waals surface area contributed by atoms with Crippen LogP contribution in [0.25, 0.3) is 0 Å². The quantitative estimate of drug-likeness (QED) is 0.855. The maximum Gasteiger partial charge on any atom is 0.149 e. The SMILES string of the molecule is CC1(Nc2ncc(Br)cc2N)CCC1. The van der Waals surface area contributed by atoms with E-state index in [1.54, 1.807) is 6.20 Å². The third-order valence-electron chi connectivity index (χ3n) is 2.76. The standard InChI is InChI=1S/C10H14BrN3/c1-10(3-2-4-10)14-9-8(12)5-7(11)6-13-9/h5-6H,2-4,12H2,1H3,(H,13,14). The minimum absolute atomic E-state index is 0.203. The van der Waals surface area contributed by atoms with E-state index in [-0.39, 0.29) is 5.54 Å². The van der Waals surface area contributed by atoms with E-state index in [0.717, 1.165) is 10.3 Å². The first-order valence-electron chi connectivity index (χ1n) is 4.78. The maximum atomic E-state index is 5.85. The second-order valence-electron chi connectivity index (χ2n) is 4.13. The summed E-state index contributed by atoms with van der Waals surface area (Å²) in [4.78, 5) is 4.26. The van der Waals surface area contributed by atoms with Gasteiger partial charge >= 0.3 is 0 Å². The molecule has 0 unspecified atom stereocenters. The lowest BCUT2D eigenvalue weighted by Gasteiger charge is -2.39. The van der Waals surface area contributed by atoms with Crippen molar-refractivity contribution in [2.24, 2.45) is 0 Å². The Labute approximate surface area is 92.2 Å². The average Bonchev–Trinajstić information content (AvgIpc) is 2.07. The van der Waals surface area contributed by atoms with Crippen LogP contribution in [0, 0.1) is 0 Å². The van der Waals surface area contributed by atoms with Gasteiger partial charge in [-0.2, -0.15) is 0 Å². The lowest BCUT2D eigenvalue weighted by Crippen LogP contribution is -2.42. The highest BCUT2D eigenvalue weighted by atomic mass is 79.9. The average molecular weight is 256 g/mol. The molecule has 14 heavy (non-hydrogen) atoms. The number of hydrogen-bond acceptors (Lipinski definition) is 3. The molecular formula is C10H14BrN3. The fourth-order valence-electron chi connectivity index (χ4n) is 1.68. The van der Waals surface area contributed by atoms with Crippen LogP contribution in [-0.4, -0.2) is 10.5 Å². The summed E-state index contributed by atoms with van der Waals surface area (Å²) < 4.78 is 0.916. The van der Waals surface area contributed by atoms with E-state index in [4.69, 9.17) is 5.73 Å². The summed E-state index contributed by atoms with van der Waals surface area (Å²) in [6.45, 7) is 2.21. The molecule has 0 aliphatic heterocycles. The minimum Gasteiger partial charge on any atom is -0.396 e. The summed E-state index contributed by atoms with van der Waals surface area (Å²) in [6.07, 6.45) is 5.45. The van der Waals surface area contributed by atoms with Gasteiger partial charge in [0.25, 0.3) is 0 Å². The molecule has 1 aromatic heterocycles. The number of nitrogen functional groups attached to an aromatic ring is 1. The van der Waals surface area contributed by atoms with Crippen LogP contribution >= 0.6 is 15.9 Å². The smallest absolute Gasteiger partial charge is 0.149 e. The Morgan fingerprint density at radius 3 is 2.79 bits per heavy atom. The maximum absolute atomic E-state index is 5.85. The molecule has 3 nitrogen and oxygen atoms in total. The van der Waals surface area contributed by atoms with Gasteiger partial charge in [-0.3, -0.25) is 0 Å². The lowest BCUT2D eigenvalue weighted by atomic mass is 9.78. The van der Waals surface area contributed by atoms with Crippen molar-refractivity contribution in [1.82, 2.24) is 4.98 Å². The molecule has 1 fully saturated rings. The first-order valence-corrected chi connectivity index (χ1v) is 5.58. The molecule has 0 aromatic carbocycles. The van der Waals surface area contributed by atoms with Gasteiger partial charge in [0.15, 0.2) is 0 Å². The zero-order chi connectivity index (χ0) is 10.2. The van der Waals surface area contributed by atoms with E-state index in [0.29, 0.717) is 5.69 Å². The van der Waals surface area contributed by atoms with Crippen LogP contribution in [-0.2, 0) is 0 Å². The van der Waals surface area contributed by atoms with Crippen molar-refractivity contribution in [2.75, 3.05) is 11.1 Å². The number of aromatic nitrogens is 1. The summed E-state index contributed by atoms with van der Waals surface area (Å²) in [7, 11) is 0. The predicted octanol–water partition coefficient (Wildman–Crippen LogP) is 2.78. The van der Waals surface area contributed by atoms with Crippen molar-refractivity contribution in [3.63, 3.8) is 0 Å². The molecule has 1 aromatic rings. The minimum atomic E-state index is 0.203. The Morgan fingerprint density at radius 1 is 1.57 bits per heavy atom. The molecule has 0 atom stereocenters. The molecule has 0 saturated heterocycles. The van der Waals surface area contributed by atoms with E-state index in [1.807, 2.05) is 6.07 Å². The van der Waals surface area contributed by atoms with Crippen molar-refractivity contribution >= 4 is 27.4 Å². The molecule has 1 heterocycles. The fraction of sp³-hybridized carbons (Fsp3) is 0.500. The zero-order valence-electron chi connectivity index (χ0n) is 8.18. The van der Waals surface area contributed by atoms with E-state index >= 15 is 0 Å². The molecule has 1 saturated carbocycles. The third kappa shape index (κ3) is 1.85. The highest BCUT2D eigenvalue weighted by Gasteiger charge is 2.32. The Morgan fingerprint density at radius 2 is 2.29 bits per heavy atom. The molecule has 0 spiro atoms. The van der Waals surface area contributed by atoms with Crippen LogP contribution < -0.4 is 11.1 Å². The molecule has 0 radical (unpaired) electrons. The van der Waals surface area contributed by atoms with Crippen molar-refractivity contribution in [2.45, 2.75) is 31.7 Å². The van der Waals surface area contributed by atoms with Gasteiger partial charge in [0, 0.05) is 16.2 Å². The largest absolute Gasteiger partial charge is 0.396 e. The molecule has 0 amide bonds. The van der Waals surface area contributed by atoms with Gasteiger partial charge in [0.2, 0.25) is 0 Å². The number of nitrogens with zero attached hydrogens (tertiary/aromatic N) is 1. The molecule has 2 rings (SSSR count). The van der Waals surface area contributed by atoms with Crippen LogP contribution in [0.5, 0.6) is 0 Å². The van der Waals surface area contributed by atoms with Crippen molar-refractivity contribution in [3.05, 3.63) is 16.7 Å². The molecule has 4 heteroatoms. The van der Waals surface area contributed by atoms with Gasteiger partial charge in [0.05, 0.1) is 5.69 Å². The van der Waals surface area contributed by atoms with E-state index in [9.17, 15) is 0 Å². The summed E-state index contributed by atoms with van der Waals surface area (Å²) in [5, 5.41) is 3.39. The highest BCUT2D eigenvalue weighted by molar-refractivity contribution is 9.10. The third-order valence-corrected chi connectivity index (χ3v) is 3.19. The zero-order valence-corrected chi connectivity index (χ0v) is 9.76. The number of rotatable bonds is 2. The lowest BCUT2D eigenvalue weighted by molar-refractivity contribution is 0.306. The molecule has 3 N–H and O–H groups in total. The van der Waals surface area contributed by atoms with Crippen LogP contribution in [0.3, 0.4) is 0 Å². The monoisotopic (exact) mass is 255 g/mol. The Bertz CT molecular complexity index is 347. The van der Waals surface area contributed by atoms with Crippen LogP contribution in [0.2, 0.25) is 0 Å². The topological polar surface area (TPSA) is 50.9 Å². The second kappa shape index (κ2) is 3.42. The Balaban J connectivity index is 2.16. The Hall–Kier alpha value is -0.770. The van der Waals surface area contributed by atoms with Crippen molar-refractivity contribution in [1.29, 1.82) is 0 Å². The first kappa shape index (κ1) is 9.77. The number of anilines is 2. The van der Waals surface area contributed by atoms with Gasteiger partial charge in [-0.25, -0.2) is 4.98 Å². The summed E-state index contributed by atoms with van der Waals surface area (Å²) in [5.41, 5.74) is 6.76. The van der Waals surface area contributed by atoms with E-state index in [1.165, 1.54) is 19.3 Å². The number of nitrogens with one attached hydrogen (secondary N) is 1. The van der Waals surface area contributed by atoms with E-state index in [2.05, 4.69) is 33.2 Å². The molecule has 0 bridgehead atoms.